The number of aryl methyl sites for hydroxylation is 1. The Morgan fingerprint density at radius 1 is 1.30 bits per heavy atom. The van der Waals surface area contributed by atoms with Crippen molar-refractivity contribution in [2.75, 3.05) is 25.1 Å². The molecule has 0 saturated carbocycles. The number of benzene rings is 1. The lowest BCUT2D eigenvalue weighted by atomic mass is 10.0. The number of rotatable bonds is 3. The second-order valence-electron chi connectivity index (χ2n) is 4.69. The van der Waals surface area contributed by atoms with Crippen LogP contribution >= 0.6 is 0 Å². The van der Waals surface area contributed by atoms with Gasteiger partial charge in [-0.05, 0) is 19.1 Å². The second kappa shape index (κ2) is 5.46. The average Bonchev–Trinajstić information content (AvgIpc) is 2.64. The number of aliphatic hydroxyl groups is 1. The fourth-order valence-electron chi connectivity index (χ4n) is 2.43. The third-order valence-electron chi connectivity index (χ3n) is 3.27. The van der Waals surface area contributed by atoms with E-state index >= 15 is 0 Å². The SMILES string of the molecule is Cc1nc(NCCO)c2c(n1)-c1ccccc1OCC2. The van der Waals surface area contributed by atoms with Gasteiger partial charge in [0.1, 0.15) is 17.4 Å². The summed E-state index contributed by atoms with van der Waals surface area (Å²) in [5, 5.41) is 12.1. The summed E-state index contributed by atoms with van der Waals surface area (Å²) >= 11 is 0. The van der Waals surface area contributed by atoms with Gasteiger partial charge in [0.05, 0.1) is 18.9 Å². The van der Waals surface area contributed by atoms with Crippen LogP contribution in [0.3, 0.4) is 0 Å². The normalized spacial score (nSPS) is 12.9. The van der Waals surface area contributed by atoms with E-state index in [0.29, 0.717) is 19.0 Å². The number of nitrogens with zero attached hydrogens (tertiary/aromatic N) is 2. The first-order valence-corrected chi connectivity index (χ1v) is 6.74. The molecule has 2 heterocycles. The van der Waals surface area contributed by atoms with Crippen molar-refractivity contribution in [3.8, 4) is 17.0 Å². The highest BCUT2D eigenvalue weighted by Crippen LogP contribution is 2.36. The van der Waals surface area contributed by atoms with Gasteiger partial charge >= 0.3 is 0 Å². The third-order valence-corrected chi connectivity index (χ3v) is 3.27. The number of nitrogens with one attached hydrogen (secondary N) is 1. The van der Waals surface area contributed by atoms with Gasteiger partial charge in [-0.1, -0.05) is 12.1 Å². The summed E-state index contributed by atoms with van der Waals surface area (Å²) in [6, 6.07) is 7.92. The van der Waals surface area contributed by atoms with Crippen molar-refractivity contribution < 1.29 is 9.84 Å². The van der Waals surface area contributed by atoms with E-state index < -0.39 is 0 Å². The van der Waals surface area contributed by atoms with Crippen molar-refractivity contribution in [2.24, 2.45) is 0 Å². The zero-order valence-electron chi connectivity index (χ0n) is 11.4. The van der Waals surface area contributed by atoms with E-state index in [1.54, 1.807) is 0 Å². The van der Waals surface area contributed by atoms with Gasteiger partial charge < -0.3 is 15.2 Å². The molecule has 3 rings (SSSR count). The van der Waals surface area contributed by atoms with Gasteiger partial charge in [0, 0.05) is 24.1 Å². The molecule has 0 spiro atoms. The molecule has 5 heteroatoms. The first-order valence-electron chi connectivity index (χ1n) is 6.74. The Balaban J connectivity index is 2.15. The van der Waals surface area contributed by atoms with Gasteiger partial charge in [0.25, 0.3) is 0 Å². The molecule has 0 bridgehead atoms. The summed E-state index contributed by atoms with van der Waals surface area (Å²) in [6.07, 6.45) is 0.748. The molecule has 0 saturated heterocycles. The van der Waals surface area contributed by atoms with Crippen LogP contribution in [0.2, 0.25) is 0 Å². The standard InChI is InChI=1S/C15H17N3O2/c1-10-17-14-11-4-2-3-5-13(11)20-9-6-12(14)15(18-10)16-7-8-19/h2-5,19H,6-9H2,1H3,(H,16,17,18). The van der Waals surface area contributed by atoms with Gasteiger partial charge in [0.2, 0.25) is 0 Å². The Kier molecular flexibility index (Phi) is 3.52. The van der Waals surface area contributed by atoms with Gasteiger partial charge in [-0.2, -0.15) is 0 Å². The van der Waals surface area contributed by atoms with Gasteiger partial charge in [-0.3, -0.25) is 0 Å². The molecule has 0 amide bonds. The highest BCUT2D eigenvalue weighted by Gasteiger charge is 2.20. The Bertz CT molecular complexity index is 629. The molecule has 0 radical (unpaired) electrons. The lowest BCUT2D eigenvalue weighted by Gasteiger charge is -2.13. The molecule has 104 valence electrons. The zero-order valence-corrected chi connectivity index (χ0v) is 11.4. The molecule has 2 N–H and O–H groups in total. The van der Waals surface area contributed by atoms with Crippen molar-refractivity contribution in [1.82, 2.24) is 9.97 Å². The first kappa shape index (κ1) is 12.9. The molecule has 20 heavy (non-hydrogen) atoms. The van der Waals surface area contributed by atoms with Gasteiger partial charge in [0.15, 0.2) is 0 Å². The van der Waals surface area contributed by atoms with E-state index in [9.17, 15) is 0 Å². The number of anilines is 1. The highest BCUT2D eigenvalue weighted by molar-refractivity contribution is 5.74. The van der Waals surface area contributed by atoms with Crippen LogP contribution in [-0.4, -0.2) is 34.8 Å². The Morgan fingerprint density at radius 3 is 3.00 bits per heavy atom. The molecule has 1 aromatic heterocycles. The van der Waals surface area contributed by atoms with E-state index in [1.807, 2.05) is 31.2 Å². The minimum absolute atomic E-state index is 0.0743. The number of aliphatic hydroxyl groups excluding tert-OH is 1. The van der Waals surface area contributed by atoms with E-state index in [1.165, 1.54) is 0 Å². The Morgan fingerprint density at radius 2 is 2.15 bits per heavy atom. The van der Waals surface area contributed by atoms with Crippen molar-refractivity contribution in [2.45, 2.75) is 13.3 Å². The summed E-state index contributed by atoms with van der Waals surface area (Å²) in [5.41, 5.74) is 2.97. The van der Waals surface area contributed by atoms with Crippen LogP contribution < -0.4 is 10.1 Å². The molecule has 1 aromatic carbocycles. The molecule has 0 aliphatic carbocycles. The number of para-hydroxylation sites is 1. The molecule has 0 fully saturated rings. The Hall–Kier alpha value is -2.14. The number of hydrogen-bond acceptors (Lipinski definition) is 5. The van der Waals surface area contributed by atoms with Crippen LogP contribution in [0.5, 0.6) is 5.75 Å². The van der Waals surface area contributed by atoms with E-state index in [0.717, 1.165) is 34.8 Å². The minimum Gasteiger partial charge on any atom is -0.493 e. The third kappa shape index (κ3) is 2.32. The van der Waals surface area contributed by atoms with Crippen molar-refractivity contribution >= 4 is 5.82 Å². The molecule has 1 aliphatic heterocycles. The predicted molar refractivity (Wildman–Crippen MR) is 77.0 cm³/mol. The van der Waals surface area contributed by atoms with Crippen LogP contribution in [0, 0.1) is 6.92 Å². The van der Waals surface area contributed by atoms with Crippen molar-refractivity contribution in [3.63, 3.8) is 0 Å². The largest absolute Gasteiger partial charge is 0.493 e. The molecule has 5 nitrogen and oxygen atoms in total. The van der Waals surface area contributed by atoms with E-state index in [-0.39, 0.29) is 6.61 Å². The van der Waals surface area contributed by atoms with Crippen molar-refractivity contribution in [1.29, 1.82) is 0 Å². The monoisotopic (exact) mass is 271 g/mol. The van der Waals surface area contributed by atoms with Crippen LogP contribution in [0.1, 0.15) is 11.4 Å². The quantitative estimate of drug-likeness (QED) is 0.891. The minimum atomic E-state index is 0.0743. The average molecular weight is 271 g/mol. The topological polar surface area (TPSA) is 67.3 Å². The molecular weight excluding hydrogens is 254 g/mol. The highest BCUT2D eigenvalue weighted by atomic mass is 16.5. The van der Waals surface area contributed by atoms with E-state index in [2.05, 4.69) is 15.3 Å². The summed E-state index contributed by atoms with van der Waals surface area (Å²) in [6.45, 7) is 3.03. The van der Waals surface area contributed by atoms with Gasteiger partial charge in [-0.25, -0.2) is 9.97 Å². The van der Waals surface area contributed by atoms with Crippen LogP contribution in [0.15, 0.2) is 24.3 Å². The number of fused-ring (bicyclic) bond motifs is 3. The van der Waals surface area contributed by atoms with Crippen LogP contribution in [0.25, 0.3) is 11.3 Å². The van der Waals surface area contributed by atoms with Gasteiger partial charge in [-0.15, -0.1) is 0 Å². The maximum Gasteiger partial charge on any atom is 0.133 e. The predicted octanol–water partition coefficient (Wildman–Crippen LogP) is 1.79. The summed E-state index contributed by atoms with van der Waals surface area (Å²) < 4.78 is 5.79. The molecule has 2 aromatic rings. The van der Waals surface area contributed by atoms with E-state index in [4.69, 9.17) is 9.84 Å². The maximum absolute atomic E-state index is 8.98. The van der Waals surface area contributed by atoms with Crippen LogP contribution in [-0.2, 0) is 6.42 Å². The lowest BCUT2D eigenvalue weighted by molar-refractivity contribution is 0.310. The maximum atomic E-state index is 8.98. The summed E-state index contributed by atoms with van der Waals surface area (Å²) in [7, 11) is 0. The fourth-order valence-corrected chi connectivity index (χ4v) is 2.43. The first-order chi connectivity index (χ1) is 9.79. The second-order valence-corrected chi connectivity index (χ2v) is 4.69. The molecular formula is C15H17N3O2. The summed E-state index contributed by atoms with van der Waals surface area (Å²) in [5.74, 6) is 2.36. The lowest BCUT2D eigenvalue weighted by Crippen LogP contribution is -2.12. The molecule has 0 unspecified atom stereocenters. The van der Waals surface area contributed by atoms with Crippen LogP contribution in [0.4, 0.5) is 5.82 Å². The molecule has 1 aliphatic rings. The van der Waals surface area contributed by atoms with Crippen molar-refractivity contribution in [3.05, 3.63) is 35.7 Å². The zero-order chi connectivity index (χ0) is 13.9. The number of aromatic nitrogens is 2. The summed E-state index contributed by atoms with van der Waals surface area (Å²) in [4.78, 5) is 9.04. The molecule has 0 atom stereocenters. The number of hydrogen-bond donors (Lipinski definition) is 2. The smallest absolute Gasteiger partial charge is 0.133 e. The fraction of sp³-hybridized carbons (Fsp3) is 0.333. The number of ether oxygens (including phenoxy) is 1. The Labute approximate surface area is 117 Å².